The summed E-state index contributed by atoms with van der Waals surface area (Å²) in [6.07, 6.45) is -0.795. The molecule has 1 aliphatic heterocycles. The number of nitrogens with zero attached hydrogens (tertiary/aromatic N) is 2. The lowest BCUT2D eigenvalue weighted by atomic mass is 10.0. The molecule has 0 bridgehead atoms. The minimum absolute atomic E-state index is 0.174. The number of hydrogen-bond donors (Lipinski definition) is 1. The maximum atomic E-state index is 11.9. The molecule has 0 aromatic heterocycles. The quantitative estimate of drug-likeness (QED) is 0.706. The van der Waals surface area contributed by atoms with E-state index < -0.39 is 6.17 Å². The lowest BCUT2D eigenvalue weighted by molar-refractivity contribution is -0.119. The summed E-state index contributed by atoms with van der Waals surface area (Å²) in [4.78, 5) is 17.7. The van der Waals surface area contributed by atoms with E-state index in [4.69, 9.17) is 5.73 Å². The molecule has 16 heavy (non-hydrogen) atoms. The van der Waals surface area contributed by atoms with Gasteiger partial charge in [-0.3, -0.25) is 9.79 Å². The van der Waals surface area contributed by atoms with Crippen molar-refractivity contribution in [1.29, 1.82) is 0 Å². The van der Waals surface area contributed by atoms with Gasteiger partial charge in [-0.1, -0.05) is 18.2 Å². The molecule has 1 aliphatic rings. The highest BCUT2D eigenvalue weighted by Crippen LogP contribution is 2.27. The molecule has 0 saturated carbocycles. The number of carbonyl (C=O) groups excluding carboxylic acids is 1. The molecular formula is C12H15N3O. The minimum atomic E-state index is -0.795. The Kier molecular flexibility index (Phi) is 2.52. The molecule has 2 rings (SSSR count). The van der Waals surface area contributed by atoms with Crippen LogP contribution in [0.4, 0.5) is 5.69 Å². The lowest BCUT2D eigenvalue weighted by Crippen LogP contribution is -2.40. The summed E-state index contributed by atoms with van der Waals surface area (Å²) < 4.78 is 0. The Hall–Kier alpha value is -1.68. The molecule has 1 heterocycles. The number of aryl methyl sites for hydroxylation is 1. The SMILES string of the molecule is CC1=N[C@H](N)C(=O)N(C)c2c(C)cccc21. The molecule has 1 aromatic rings. The Labute approximate surface area is 94.8 Å². The Morgan fingerprint density at radius 2 is 2.06 bits per heavy atom. The smallest absolute Gasteiger partial charge is 0.266 e. The van der Waals surface area contributed by atoms with Gasteiger partial charge < -0.3 is 10.6 Å². The predicted octanol–water partition coefficient (Wildman–Crippen LogP) is 1.07. The maximum Gasteiger partial charge on any atom is 0.266 e. The predicted molar refractivity (Wildman–Crippen MR) is 64.8 cm³/mol. The maximum absolute atomic E-state index is 11.9. The van der Waals surface area contributed by atoms with Crippen LogP contribution in [0.3, 0.4) is 0 Å². The second-order valence-corrected chi connectivity index (χ2v) is 4.03. The first kappa shape index (κ1) is 10.8. The number of aliphatic imine (C=N–C) groups is 1. The molecule has 0 spiro atoms. The summed E-state index contributed by atoms with van der Waals surface area (Å²) in [6.45, 7) is 3.86. The fraction of sp³-hybridized carbons (Fsp3) is 0.333. The molecule has 4 nitrogen and oxygen atoms in total. The zero-order valence-electron chi connectivity index (χ0n) is 9.69. The first-order valence-electron chi connectivity index (χ1n) is 5.20. The van der Waals surface area contributed by atoms with Crippen molar-refractivity contribution in [2.75, 3.05) is 11.9 Å². The van der Waals surface area contributed by atoms with Crippen LogP contribution in [0, 0.1) is 6.92 Å². The molecule has 84 valence electrons. The molecule has 0 aliphatic carbocycles. The monoisotopic (exact) mass is 217 g/mol. The van der Waals surface area contributed by atoms with Crippen molar-refractivity contribution >= 4 is 17.3 Å². The summed E-state index contributed by atoms with van der Waals surface area (Å²) >= 11 is 0. The van der Waals surface area contributed by atoms with Gasteiger partial charge in [-0.25, -0.2) is 0 Å². The molecule has 0 saturated heterocycles. The molecule has 0 fully saturated rings. The van der Waals surface area contributed by atoms with Crippen molar-refractivity contribution in [3.8, 4) is 0 Å². The molecule has 1 aromatic carbocycles. The van der Waals surface area contributed by atoms with Crippen LogP contribution in [-0.2, 0) is 4.79 Å². The van der Waals surface area contributed by atoms with Gasteiger partial charge in [0.25, 0.3) is 5.91 Å². The molecule has 0 unspecified atom stereocenters. The number of hydrogen-bond acceptors (Lipinski definition) is 3. The number of fused-ring (bicyclic) bond motifs is 1. The Morgan fingerprint density at radius 3 is 2.75 bits per heavy atom. The summed E-state index contributed by atoms with van der Waals surface area (Å²) in [6, 6.07) is 5.90. The highest BCUT2D eigenvalue weighted by molar-refractivity contribution is 6.12. The Morgan fingerprint density at radius 1 is 1.38 bits per heavy atom. The Balaban J connectivity index is 2.70. The van der Waals surface area contributed by atoms with Crippen molar-refractivity contribution in [2.24, 2.45) is 10.7 Å². The van der Waals surface area contributed by atoms with E-state index in [0.29, 0.717) is 0 Å². The van der Waals surface area contributed by atoms with Crippen molar-refractivity contribution in [3.63, 3.8) is 0 Å². The van der Waals surface area contributed by atoms with Crippen LogP contribution < -0.4 is 10.6 Å². The lowest BCUT2D eigenvalue weighted by Gasteiger charge is -2.20. The van der Waals surface area contributed by atoms with Gasteiger partial charge in [0, 0.05) is 18.3 Å². The molecule has 1 atom stereocenters. The van der Waals surface area contributed by atoms with Crippen LogP contribution >= 0.6 is 0 Å². The van der Waals surface area contributed by atoms with E-state index in [-0.39, 0.29) is 5.91 Å². The Bertz CT molecular complexity index is 479. The number of rotatable bonds is 0. The summed E-state index contributed by atoms with van der Waals surface area (Å²) in [5, 5.41) is 0. The van der Waals surface area contributed by atoms with E-state index in [9.17, 15) is 4.79 Å². The van der Waals surface area contributed by atoms with E-state index in [1.807, 2.05) is 32.0 Å². The van der Waals surface area contributed by atoms with Crippen LogP contribution in [0.15, 0.2) is 23.2 Å². The first-order chi connectivity index (χ1) is 7.52. The van der Waals surface area contributed by atoms with Gasteiger partial charge in [-0.2, -0.15) is 0 Å². The van der Waals surface area contributed by atoms with Crippen molar-refractivity contribution < 1.29 is 4.79 Å². The van der Waals surface area contributed by atoms with E-state index >= 15 is 0 Å². The van der Waals surface area contributed by atoms with Gasteiger partial charge in [-0.05, 0) is 19.4 Å². The van der Waals surface area contributed by atoms with E-state index in [0.717, 1.165) is 22.5 Å². The van der Waals surface area contributed by atoms with Crippen LogP contribution in [0.5, 0.6) is 0 Å². The minimum Gasteiger partial charge on any atom is -0.312 e. The molecule has 1 amide bonds. The molecule has 2 N–H and O–H groups in total. The zero-order chi connectivity index (χ0) is 11.9. The van der Waals surface area contributed by atoms with Gasteiger partial charge in [-0.15, -0.1) is 0 Å². The van der Waals surface area contributed by atoms with E-state index in [1.165, 1.54) is 0 Å². The third kappa shape index (κ3) is 1.51. The number of anilines is 1. The molecule has 4 heteroatoms. The van der Waals surface area contributed by atoms with Crippen molar-refractivity contribution in [3.05, 3.63) is 29.3 Å². The average Bonchev–Trinajstić information content (AvgIpc) is 2.32. The number of carbonyl (C=O) groups is 1. The topological polar surface area (TPSA) is 58.7 Å². The number of amides is 1. The molecular weight excluding hydrogens is 202 g/mol. The third-order valence-electron chi connectivity index (χ3n) is 2.88. The second-order valence-electron chi connectivity index (χ2n) is 4.03. The largest absolute Gasteiger partial charge is 0.312 e. The second kappa shape index (κ2) is 3.72. The van der Waals surface area contributed by atoms with E-state index in [2.05, 4.69) is 4.99 Å². The standard InChI is InChI=1S/C12H15N3O/c1-7-5-4-6-9-8(2)14-11(13)12(16)15(3)10(7)9/h4-6,11H,13H2,1-3H3/t11-/m0/s1. The average molecular weight is 217 g/mol. The van der Waals surface area contributed by atoms with Crippen molar-refractivity contribution in [2.45, 2.75) is 20.0 Å². The van der Waals surface area contributed by atoms with Crippen LogP contribution in [0.2, 0.25) is 0 Å². The number of likely N-dealkylation sites (N-methyl/N-ethyl adjacent to an activating group) is 1. The fourth-order valence-electron chi connectivity index (χ4n) is 2.04. The number of nitrogens with two attached hydrogens (primary N) is 1. The number of benzene rings is 1. The number of para-hydroxylation sites is 1. The highest BCUT2D eigenvalue weighted by Gasteiger charge is 2.26. The van der Waals surface area contributed by atoms with E-state index in [1.54, 1.807) is 11.9 Å². The summed E-state index contributed by atoms with van der Waals surface area (Å²) in [7, 11) is 1.74. The van der Waals surface area contributed by atoms with Gasteiger partial charge in [0.15, 0.2) is 6.17 Å². The van der Waals surface area contributed by atoms with Crippen LogP contribution in [0.25, 0.3) is 0 Å². The van der Waals surface area contributed by atoms with Gasteiger partial charge in [0.2, 0.25) is 0 Å². The van der Waals surface area contributed by atoms with Crippen molar-refractivity contribution in [1.82, 2.24) is 0 Å². The first-order valence-corrected chi connectivity index (χ1v) is 5.20. The normalized spacial score (nSPS) is 20.2. The molecule has 0 radical (unpaired) electrons. The summed E-state index contributed by atoms with van der Waals surface area (Å²) in [5.41, 5.74) is 9.45. The number of benzodiazepines with no additional fused rings is 1. The van der Waals surface area contributed by atoms with Crippen LogP contribution in [0.1, 0.15) is 18.1 Å². The van der Waals surface area contributed by atoms with Gasteiger partial charge in [0.05, 0.1) is 5.69 Å². The fourth-order valence-corrected chi connectivity index (χ4v) is 2.04. The van der Waals surface area contributed by atoms with Crippen LogP contribution in [-0.4, -0.2) is 24.8 Å². The zero-order valence-corrected chi connectivity index (χ0v) is 9.69. The third-order valence-corrected chi connectivity index (χ3v) is 2.88. The van der Waals surface area contributed by atoms with Gasteiger partial charge in [0.1, 0.15) is 0 Å². The van der Waals surface area contributed by atoms with Gasteiger partial charge >= 0.3 is 0 Å². The summed E-state index contributed by atoms with van der Waals surface area (Å²) in [5.74, 6) is -0.174. The highest BCUT2D eigenvalue weighted by atomic mass is 16.2.